The predicted octanol–water partition coefficient (Wildman–Crippen LogP) is 3.41. The maximum absolute atomic E-state index is 12.0. The van der Waals surface area contributed by atoms with Gasteiger partial charge in [0.25, 0.3) is 0 Å². The highest BCUT2D eigenvalue weighted by atomic mass is 19.4. The van der Waals surface area contributed by atoms with Crippen LogP contribution in [-0.4, -0.2) is 11.5 Å². The zero-order valence-electron chi connectivity index (χ0n) is 8.30. The van der Waals surface area contributed by atoms with E-state index >= 15 is 0 Å². The van der Waals surface area contributed by atoms with Gasteiger partial charge in [-0.25, -0.2) is 0 Å². The van der Waals surface area contributed by atoms with Gasteiger partial charge in [0.15, 0.2) is 0 Å². The van der Waals surface area contributed by atoms with E-state index in [1.165, 1.54) is 18.2 Å². The van der Waals surface area contributed by atoms with E-state index in [1.807, 2.05) is 0 Å². The normalized spacial score (nSPS) is 11.9. The van der Waals surface area contributed by atoms with Crippen LogP contribution >= 0.6 is 0 Å². The monoisotopic (exact) mass is 220 g/mol. The van der Waals surface area contributed by atoms with E-state index in [1.54, 1.807) is 13.8 Å². The molecule has 84 valence electrons. The molecule has 0 amide bonds. The van der Waals surface area contributed by atoms with Gasteiger partial charge in [0.05, 0.1) is 0 Å². The second kappa shape index (κ2) is 4.00. The molecule has 0 bridgehead atoms. The van der Waals surface area contributed by atoms with Gasteiger partial charge in [0, 0.05) is 5.56 Å². The summed E-state index contributed by atoms with van der Waals surface area (Å²) in [4.78, 5) is 0. The van der Waals surface area contributed by atoms with Crippen LogP contribution in [0, 0.1) is 0 Å². The summed E-state index contributed by atoms with van der Waals surface area (Å²) < 4.78 is 39.9. The summed E-state index contributed by atoms with van der Waals surface area (Å²) in [6, 6.07) is 3.82. The summed E-state index contributed by atoms with van der Waals surface area (Å²) in [6.45, 7) is 3.36. The Morgan fingerprint density at radius 3 is 2.33 bits per heavy atom. The van der Waals surface area contributed by atoms with Crippen LogP contribution < -0.4 is 4.74 Å². The highest BCUT2D eigenvalue weighted by Crippen LogP contribution is 2.36. The van der Waals surface area contributed by atoms with E-state index in [2.05, 4.69) is 4.74 Å². The van der Waals surface area contributed by atoms with E-state index in [4.69, 9.17) is 0 Å². The maximum atomic E-state index is 12.0. The molecular formula is C10H11F3O2. The lowest BCUT2D eigenvalue weighted by Crippen LogP contribution is -2.18. The topological polar surface area (TPSA) is 29.5 Å². The number of halogens is 3. The van der Waals surface area contributed by atoms with E-state index in [0.717, 1.165) is 0 Å². The van der Waals surface area contributed by atoms with E-state index in [-0.39, 0.29) is 23.0 Å². The molecule has 15 heavy (non-hydrogen) atoms. The Balaban J connectivity index is 3.12. The molecule has 1 aromatic carbocycles. The van der Waals surface area contributed by atoms with Crippen molar-refractivity contribution in [1.29, 1.82) is 0 Å². The molecule has 0 spiro atoms. The molecule has 0 aliphatic rings. The van der Waals surface area contributed by atoms with Gasteiger partial charge in [-0.3, -0.25) is 0 Å². The molecule has 0 aromatic heterocycles. The number of hydrogen-bond donors (Lipinski definition) is 1. The minimum atomic E-state index is -4.74. The van der Waals surface area contributed by atoms with Gasteiger partial charge in [-0.1, -0.05) is 19.9 Å². The van der Waals surface area contributed by atoms with Crippen LogP contribution in [0.4, 0.5) is 13.2 Å². The van der Waals surface area contributed by atoms with Crippen molar-refractivity contribution in [3.05, 3.63) is 23.8 Å². The Morgan fingerprint density at radius 1 is 1.27 bits per heavy atom. The van der Waals surface area contributed by atoms with E-state index in [0.29, 0.717) is 0 Å². The number of phenols is 1. The SMILES string of the molecule is CC(C)c1c(O)cccc1OC(F)(F)F. The Kier molecular flexibility index (Phi) is 3.12. The van der Waals surface area contributed by atoms with Crippen LogP contribution in [0.5, 0.6) is 11.5 Å². The molecule has 5 heteroatoms. The average Bonchev–Trinajstić information content (AvgIpc) is 1.99. The number of phenolic OH excluding ortho intramolecular Hbond substituents is 1. The van der Waals surface area contributed by atoms with Gasteiger partial charge in [-0.05, 0) is 18.1 Å². The number of ether oxygens (including phenoxy) is 1. The lowest BCUT2D eigenvalue weighted by atomic mass is 10.0. The van der Waals surface area contributed by atoms with E-state index in [9.17, 15) is 18.3 Å². The molecule has 1 N–H and O–H groups in total. The molecule has 0 aliphatic heterocycles. The van der Waals surface area contributed by atoms with Gasteiger partial charge in [-0.2, -0.15) is 0 Å². The number of rotatable bonds is 2. The first kappa shape index (κ1) is 11.7. The quantitative estimate of drug-likeness (QED) is 0.827. The summed E-state index contributed by atoms with van der Waals surface area (Å²) in [5, 5.41) is 9.41. The number of benzene rings is 1. The summed E-state index contributed by atoms with van der Waals surface area (Å²) in [5.74, 6) is -0.784. The van der Waals surface area contributed by atoms with Gasteiger partial charge in [0.1, 0.15) is 11.5 Å². The van der Waals surface area contributed by atoms with Crippen LogP contribution in [0.2, 0.25) is 0 Å². The first-order valence-electron chi connectivity index (χ1n) is 4.39. The average molecular weight is 220 g/mol. The molecule has 0 atom stereocenters. The van der Waals surface area contributed by atoms with Crippen LogP contribution in [0.1, 0.15) is 25.3 Å². The molecule has 0 heterocycles. The number of hydrogen-bond acceptors (Lipinski definition) is 2. The van der Waals surface area contributed by atoms with Crippen molar-refractivity contribution < 1.29 is 23.0 Å². The molecule has 1 rings (SSSR count). The smallest absolute Gasteiger partial charge is 0.508 e. The Morgan fingerprint density at radius 2 is 1.87 bits per heavy atom. The van der Waals surface area contributed by atoms with Gasteiger partial charge in [-0.15, -0.1) is 13.2 Å². The summed E-state index contributed by atoms with van der Waals surface area (Å²) in [5.41, 5.74) is 0.162. The molecule has 1 aromatic rings. The molecule has 0 fully saturated rings. The fourth-order valence-corrected chi connectivity index (χ4v) is 1.33. The van der Waals surface area contributed by atoms with Crippen molar-refractivity contribution in [2.45, 2.75) is 26.1 Å². The van der Waals surface area contributed by atoms with Crippen LogP contribution in [0.15, 0.2) is 18.2 Å². The Hall–Kier alpha value is -1.39. The first-order chi connectivity index (χ1) is 6.81. The summed E-state index contributed by atoms with van der Waals surface area (Å²) in [6.07, 6.45) is -4.74. The largest absolute Gasteiger partial charge is 0.573 e. The van der Waals surface area contributed by atoms with Gasteiger partial charge < -0.3 is 9.84 Å². The Labute approximate surface area is 85.3 Å². The van der Waals surface area contributed by atoms with Crippen molar-refractivity contribution in [2.75, 3.05) is 0 Å². The van der Waals surface area contributed by atoms with Crippen LogP contribution in [0.3, 0.4) is 0 Å². The second-order valence-electron chi connectivity index (χ2n) is 3.39. The fraction of sp³-hybridized carbons (Fsp3) is 0.400. The standard InChI is InChI=1S/C10H11F3O2/c1-6(2)9-7(14)4-3-5-8(9)15-10(11,12)13/h3-6,14H,1-2H3. The highest BCUT2D eigenvalue weighted by Gasteiger charge is 2.32. The lowest BCUT2D eigenvalue weighted by molar-refractivity contribution is -0.274. The third kappa shape index (κ3) is 3.04. The summed E-state index contributed by atoms with van der Waals surface area (Å²) >= 11 is 0. The molecule has 2 nitrogen and oxygen atoms in total. The molecule has 0 radical (unpaired) electrons. The lowest BCUT2D eigenvalue weighted by Gasteiger charge is -2.16. The second-order valence-corrected chi connectivity index (χ2v) is 3.39. The molecule has 0 unspecified atom stereocenters. The van der Waals surface area contributed by atoms with Crippen LogP contribution in [0.25, 0.3) is 0 Å². The van der Waals surface area contributed by atoms with Crippen molar-refractivity contribution >= 4 is 0 Å². The third-order valence-corrected chi connectivity index (χ3v) is 1.85. The third-order valence-electron chi connectivity index (χ3n) is 1.85. The number of alkyl halides is 3. The number of aromatic hydroxyl groups is 1. The zero-order valence-corrected chi connectivity index (χ0v) is 8.30. The minimum absolute atomic E-state index is 0.162. The highest BCUT2D eigenvalue weighted by molar-refractivity contribution is 5.45. The van der Waals surface area contributed by atoms with Crippen molar-refractivity contribution in [3.63, 3.8) is 0 Å². The van der Waals surface area contributed by atoms with Crippen molar-refractivity contribution in [1.82, 2.24) is 0 Å². The molecule has 0 saturated heterocycles. The van der Waals surface area contributed by atoms with Gasteiger partial charge in [0.2, 0.25) is 0 Å². The van der Waals surface area contributed by atoms with Crippen LogP contribution in [-0.2, 0) is 0 Å². The maximum Gasteiger partial charge on any atom is 0.573 e. The van der Waals surface area contributed by atoms with E-state index < -0.39 is 6.36 Å². The van der Waals surface area contributed by atoms with Crippen molar-refractivity contribution in [2.24, 2.45) is 0 Å². The first-order valence-corrected chi connectivity index (χ1v) is 4.39. The Bertz CT molecular complexity index is 345. The minimum Gasteiger partial charge on any atom is -0.508 e. The van der Waals surface area contributed by atoms with Crippen molar-refractivity contribution in [3.8, 4) is 11.5 Å². The molecular weight excluding hydrogens is 209 g/mol. The fourth-order valence-electron chi connectivity index (χ4n) is 1.33. The predicted molar refractivity (Wildman–Crippen MR) is 48.9 cm³/mol. The molecule has 0 saturated carbocycles. The summed E-state index contributed by atoms with van der Waals surface area (Å²) in [7, 11) is 0. The molecule has 0 aliphatic carbocycles. The zero-order chi connectivity index (χ0) is 11.6. The van der Waals surface area contributed by atoms with Gasteiger partial charge >= 0.3 is 6.36 Å².